The van der Waals surface area contributed by atoms with Crippen LogP contribution in [0, 0.1) is 13.8 Å². The van der Waals surface area contributed by atoms with Gasteiger partial charge in [0, 0.05) is 6.07 Å². The van der Waals surface area contributed by atoms with E-state index in [1.807, 2.05) is 6.26 Å². The van der Waals surface area contributed by atoms with Crippen molar-refractivity contribution < 1.29 is 31.9 Å². The molecule has 12 heteroatoms. The van der Waals surface area contributed by atoms with Crippen LogP contribution in [0.3, 0.4) is 0 Å². The molecule has 0 radical (unpaired) electrons. The smallest absolute Gasteiger partial charge is 0.273 e. The lowest BCUT2D eigenvalue weighted by atomic mass is 10.2. The van der Waals surface area contributed by atoms with E-state index in [0.29, 0.717) is 42.0 Å². The molecule has 2 aromatic rings. The molecule has 2 amide bonds. The van der Waals surface area contributed by atoms with Gasteiger partial charge in [-0.05, 0) is 50.5 Å². The van der Waals surface area contributed by atoms with Crippen LogP contribution >= 0.6 is 11.8 Å². The van der Waals surface area contributed by atoms with Gasteiger partial charge < -0.3 is 13.9 Å². The van der Waals surface area contributed by atoms with Crippen molar-refractivity contribution in [1.82, 2.24) is 15.6 Å². The fraction of sp³-hybridized carbons (Fsp3) is 0.400. The van der Waals surface area contributed by atoms with E-state index in [9.17, 15) is 18.0 Å². The fourth-order valence-corrected chi connectivity index (χ4v) is 4.77. The van der Waals surface area contributed by atoms with Gasteiger partial charge in [-0.15, -0.1) is 0 Å². The van der Waals surface area contributed by atoms with Crippen LogP contribution in [0.25, 0.3) is 0 Å². The van der Waals surface area contributed by atoms with Gasteiger partial charge in [0.2, 0.25) is 10.0 Å². The predicted octanol–water partition coefficient (Wildman–Crippen LogP) is 1.53. The van der Waals surface area contributed by atoms with Crippen molar-refractivity contribution in [2.24, 2.45) is 0 Å². The Morgan fingerprint density at radius 3 is 2.47 bits per heavy atom. The maximum absolute atomic E-state index is 12.9. The summed E-state index contributed by atoms with van der Waals surface area (Å²) in [7, 11) is -4.05. The summed E-state index contributed by atoms with van der Waals surface area (Å²) >= 11 is 1.46. The molecule has 1 aliphatic heterocycles. The summed E-state index contributed by atoms with van der Waals surface area (Å²) in [4.78, 5) is 24.9. The number of nitrogens with one attached hydrogen (secondary N) is 3. The molecule has 10 nitrogen and oxygen atoms in total. The van der Waals surface area contributed by atoms with Gasteiger partial charge in [0.25, 0.3) is 11.8 Å². The summed E-state index contributed by atoms with van der Waals surface area (Å²) in [6.45, 7) is 4.04. The molecule has 2 heterocycles. The minimum Gasteiger partial charge on any atom is -0.486 e. The predicted molar refractivity (Wildman–Crippen MR) is 118 cm³/mol. The van der Waals surface area contributed by atoms with E-state index < -0.39 is 27.9 Å². The maximum atomic E-state index is 12.9. The lowest BCUT2D eigenvalue weighted by molar-refractivity contribution is -0.123. The monoisotopic (exact) mass is 483 g/mol. The number of hydrazine groups is 1. The second-order valence-electron chi connectivity index (χ2n) is 7.03. The van der Waals surface area contributed by atoms with Gasteiger partial charge in [-0.3, -0.25) is 20.4 Å². The standard InChI is InChI=1S/C20H25N3O7S2/c1-12-10-15(13(2)30-12)19(24)21-22-20(25)16(6-9-31-3)23-32(26,27)14-4-5-17-18(11-14)29-8-7-28-17/h4-5,10-11,16,23H,6-9H2,1-3H3,(H,21,24)(H,22,25). The Hall–Kier alpha value is -2.70. The minimum atomic E-state index is -4.05. The molecular formula is C20H25N3O7S2. The van der Waals surface area contributed by atoms with Gasteiger partial charge in [-0.2, -0.15) is 16.5 Å². The van der Waals surface area contributed by atoms with Crippen molar-refractivity contribution >= 4 is 33.6 Å². The highest BCUT2D eigenvalue weighted by molar-refractivity contribution is 7.98. The second kappa shape index (κ2) is 10.3. The average Bonchev–Trinajstić information content (AvgIpc) is 3.12. The topological polar surface area (TPSA) is 136 Å². The summed E-state index contributed by atoms with van der Waals surface area (Å²) in [5.41, 5.74) is 4.87. The van der Waals surface area contributed by atoms with Gasteiger partial charge in [0.1, 0.15) is 30.8 Å². The molecule has 0 saturated carbocycles. The van der Waals surface area contributed by atoms with Gasteiger partial charge >= 0.3 is 0 Å². The Bertz CT molecular complexity index is 1100. The molecule has 1 unspecified atom stereocenters. The van der Waals surface area contributed by atoms with Crippen molar-refractivity contribution in [2.45, 2.75) is 31.2 Å². The number of hydrogen-bond acceptors (Lipinski definition) is 8. The highest BCUT2D eigenvalue weighted by atomic mass is 32.2. The summed E-state index contributed by atoms with van der Waals surface area (Å²) < 4.78 is 44.4. The number of hydrogen-bond donors (Lipinski definition) is 3. The molecule has 0 fully saturated rings. The minimum absolute atomic E-state index is 0.0581. The molecule has 0 spiro atoms. The first-order chi connectivity index (χ1) is 15.2. The molecule has 0 bridgehead atoms. The van der Waals surface area contributed by atoms with E-state index in [1.165, 1.54) is 30.0 Å². The number of benzene rings is 1. The van der Waals surface area contributed by atoms with Gasteiger partial charge in [-0.25, -0.2) is 8.42 Å². The number of rotatable bonds is 8. The van der Waals surface area contributed by atoms with E-state index in [1.54, 1.807) is 19.9 Å². The van der Waals surface area contributed by atoms with E-state index in [-0.39, 0.29) is 16.9 Å². The van der Waals surface area contributed by atoms with Crippen molar-refractivity contribution in [3.8, 4) is 11.5 Å². The Morgan fingerprint density at radius 2 is 1.81 bits per heavy atom. The van der Waals surface area contributed by atoms with Crippen molar-refractivity contribution in [1.29, 1.82) is 0 Å². The molecule has 3 N–H and O–H groups in total. The number of fused-ring (bicyclic) bond motifs is 1. The lowest BCUT2D eigenvalue weighted by Gasteiger charge is -2.21. The normalized spacial score (nSPS) is 14.0. The van der Waals surface area contributed by atoms with Crippen LogP contribution in [0.5, 0.6) is 11.5 Å². The van der Waals surface area contributed by atoms with Crippen molar-refractivity contribution in [2.75, 3.05) is 25.2 Å². The first kappa shape index (κ1) is 24.0. The lowest BCUT2D eigenvalue weighted by Crippen LogP contribution is -2.52. The first-order valence-electron chi connectivity index (χ1n) is 9.79. The molecule has 1 aromatic carbocycles. The number of carbonyl (C=O) groups is 2. The Morgan fingerprint density at radius 1 is 1.09 bits per heavy atom. The molecule has 1 atom stereocenters. The second-order valence-corrected chi connectivity index (χ2v) is 9.73. The van der Waals surface area contributed by atoms with Crippen molar-refractivity contribution in [3.63, 3.8) is 0 Å². The Labute approximate surface area is 190 Å². The number of amides is 2. The summed E-state index contributed by atoms with van der Waals surface area (Å²) in [6, 6.07) is 4.69. The van der Waals surface area contributed by atoms with Crippen LogP contribution in [0.2, 0.25) is 0 Å². The summed E-state index contributed by atoms with van der Waals surface area (Å²) in [6.07, 6.45) is 2.06. The summed E-state index contributed by atoms with van der Waals surface area (Å²) in [5.74, 6) is 1.02. The zero-order chi connectivity index (χ0) is 23.3. The number of ether oxygens (including phenoxy) is 2. The van der Waals surface area contributed by atoms with Crippen LogP contribution < -0.4 is 25.0 Å². The number of furan rings is 1. The molecule has 174 valence electrons. The third-order valence-electron chi connectivity index (χ3n) is 4.63. The zero-order valence-electron chi connectivity index (χ0n) is 17.9. The van der Waals surface area contributed by atoms with Crippen LogP contribution in [-0.2, 0) is 14.8 Å². The largest absolute Gasteiger partial charge is 0.486 e. The molecule has 3 rings (SSSR count). The average molecular weight is 484 g/mol. The molecule has 0 aliphatic carbocycles. The zero-order valence-corrected chi connectivity index (χ0v) is 19.5. The van der Waals surface area contributed by atoms with Gasteiger partial charge in [-0.1, -0.05) is 0 Å². The van der Waals surface area contributed by atoms with Crippen LogP contribution in [0.1, 0.15) is 28.3 Å². The maximum Gasteiger partial charge on any atom is 0.273 e. The van der Waals surface area contributed by atoms with Crippen molar-refractivity contribution in [3.05, 3.63) is 41.3 Å². The molecule has 1 aliphatic rings. The van der Waals surface area contributed by atoms with Crippen LogP contribution in [0.4, 0.5) is 0 Å². The van der Waals surface area contributed by atoms with Gasteiger partial charge in [0.05, 0.1) is 10.5 Å². The summed E-state index contributed by atoms with van der Waals surface area (Å²) in [5, 5.41) is 0. The number of sulfonamides is 1. The number of thioether (sulfide) groups is 1. The number of aryl methyl sites for hydroxylation is 2. The quantitative estimate of drug-likeness (QED) is 0.481. The molecule has 1 aromatic heterocycles. The van der Waals surface area contributed by atoms with Crippen LogP contribution in [0.15, 0.2) is 33.6 Å². The third-order valence-corrected chi connectivity index (χ3v) is 6.75. The highest BCUT2D eigenvalue weighted by Gasteiger charge is 2.27. The molecular weight excluding hydrogens is 458 g/mol. The first-order valence-corrected chi connectivity index (χ1v) is 12.7. The SMILES string of the molecule is CSCCC(NS(=O)(=O)c1ccc2c(c1)OCCO2)C(=O)NNC(=O)c1cc(C)oc1C. The highest BCUT2D eigenvalue weighted by Crippen LogP contribution is 2.32. The third kappa shape index (κ3) is 5.75. The van der Waals surface area contributed by atoms with Crippen LogP contribution in [-0.4, -0.2) is 51.5 Å². The van der Waals surface area contributed by atoms with E-state index >= 15 is 0 Å². The Kier molecular flexibility index (Phi) is 7.69. The molecule has 0 saturated heterocycles. The van der Waals surface area contributed by atoms with E-state index in [4.69, 9.17) is 13.9 Å². The van der Waals surface area contributed by atoms with E-state index in [0.717, 1.165) is 0 Å². The van der Waals surface area contributed by atoms with E-state index in [2.05, 4.69) is 15.6 Å². The Balaban J connectivity index is 1.70. The number of carbonyl (C=O) groups excluding carboxylic acids is 2. The van der Waals surface area contributed by atoms with Gasteiger partial charge in [0.15, 0.2) is 11.5 Å². The molecule has 32 heavy (non-hydrogen) atoms. The fourth-order valence-electron chi connectivity index (χ4n) is 3.05.